The normalized spacial score (nSPS) is 17.6. The summed E-state index contributed by atoms with van der Waals surface area (Å²) in [4.78, 5) is 26.8. The molecule has 2 aromatic rings. The van der Waals surface area contributed by atoms with E-state index in [0.717, 1.165) is 23.5 Å². The quantitative estimate of drug-likeness (QED) is 0.757. The fraction of sp³-hybridized carbons (Fsp3) is 0.381. The van der Waals surface area contributed by atoms with Gasteiger partial charge >= 0.3 is 0 Å². The van der Waals surface area contributed by atoms with Crippen LogP contribution in [-0.2, 0) is 23.2 Å². The van der Waals surface area contributed by atoms with Crippen LogP contribution in [0.3, 0.4) is 0 Å². The summed E-state index contributed by atoms with van der Waals surface area (Å²) in [5, 5.41) is 10.1. The molecule has 1 aromatic carbocycles. The molecule has 7 heteroatoms. The molecule has 2 heterocycles. The Kier molecular flexibility index (Phi) is 6.60. The maximum Gasteiger partial charge on any atom is 0.237 e. The molecule has 0 aliphatic carbocycles. The third-order valence-corrected chi connectivity index (χ3v) is 4.90. The minimum atomic E-state index is -0.459. The SMILES string of the molecule is Cc1cc(CNC(=O)CC2C(=O)NCCN2C/C=C/c2ccccc2)nn1C. The molecule has 1 aromatic heterocycles. The Hall–Kier alpha value is -2.93. The number of amides is 2. The molecule has 0 bridgehead atoms. The molecule has 0 spiro atoms. The summed E-state index contributed by atoms with van der Waals surface area (Å²) >= 11 is 0. The smallest absolute Gasteiger partial charge is 0.237 e. The lowest BCUT2D eigenvalue weighted by atomic mass is 10.1. The number of hydrogen-bond acceptors (Lipinski definition) is 4. The number of carbonyl (C=O) groups excluding carboxylic acids is 2. The average molecular weight is 381 g/mol. The summed E-state index contributed by atoms with van der Waals surface area (Å²) < 4.78 is 1.77. The van der Waals surface area contributed by atoms with Crippen molar-refractivity contribution in [3.8, 4) is 0 Å². The maximum atomic E-state index is 12.4. The first-order valence-corrected chi connectivity index (χ1v) is 9.52. The van der Waals surface area contributed by atoms with Gasteiger partial charge in [-0.2, -0.15) is 5.10 Å². The second-order valence-electron chi connectivity index (χ2n) is 7.00. The van der Waals surface area contributed by atoms with Crippen LogP contribution in [0, 0.1) is 6.92 Å². The molecule has 0 radical (unpaired) electrons. The molecular weight excluding hydrogens is 354 g/mol. The standard InChI is InChI=1S/C21H27N5O2/c1-16-13-18(24-25(16)2)15-23-20(27)14-19-21(28)22-10-12-26(19)11-6-9-17-7-4-3-5-8-17/h3-9,13,19H,10-12,14-15H2,1-2H3,(H,22,28)(H,23,27)/b9-6+. The van der Waals surface area contributed by atoms with Gasteiger partial charge in [-0.15, -0.1) is 0 Å². The van der Waals surface area contributed by atoms with Gasteiger partial charge < -0.3 is 10.6 Å². The van der Waals surface area contributed by atoms with E-state index in [0.29, 0.717) is 19.6 Å². The van der Waals surface area contributed by atoms with Crippen molar-refractivity contribution >= 4 is 17.9 Å². The van der Waals surface area contributed by atoms with Crippen LogP contribution in [0.5, 0.6) is 0 Å². The number of nitrogens with zero attached hydrogens (tertiary/aromatic N) is 3. The summed E-state index contributed by atoms with van der Waals surface area (Å²) in [5.41, 5.74) is 2.96. The van der Waals surface area contributed by atoms with Gasteiger partial charge in [-0.05, 0) is 18.6 Å². The topological polar surface area (TPSA) is 79.3 Å². The lowest BCUT2D eigenvalue weighted by Gasteiger charge is -2.33. The first-order chi connectivity index (χ1) is 13.5. The highest BCUT2D eigenvalue weighted by Gasteiger charge is 2.30. The van der Waals surface area contributed by atoms with E-state index in [1.54, 1.807) is 4.68 Å². The summed E-state index contributed by atoms with van der Waals surface area (Å²) in [5.74, 6) is -0.245. The van der Waals surface area contributed by atoms with Crippen molar-refractivity contribution in [2.75, 3.05) is 19.6 Å². The predicted molar refractivity (Wildman–Crippen MR) is 108 cm³/mol. The minimum absolute atomic E-state index is 0.0943. The molecular formula is C21H27N5O2. The van der Waals surface area contributed by atoms with Gasteiger partial charge in [0.15, 0.2) is 0 Å². The van der Waals surface area contributed by atoms with E-state index in [-0.39, 0.29) is 18.2 Å². The first-order valence-electron chi connectivity index (χ1n) is 9.52. The molecule has 0 saturated carbocycles. The van der Waals surface area contributed by atoms with Crippen molar-refractivity contribution in [2.24, 2.45) is 7.05 Å². The molecule has 1 aliphatic rings. The van der Waals surface area contributed by atoms with Gasteiger partial charge in [0.25, 0.3) is 0 Å². The molecule has 3 rings (SSSR count). The van der Waals surface area contributed by atoms with Crippen LogP contribution < -0.4 is 10.6 Å². The zero-order chi connectivity index (χ0) is 19.9. The highest BCUT2D eigenvalue weighted by Crippen LogP contribution is 2.10. The number of carbonyl (C=O) groups is 2. The van der Waals surface area contributed by atoms with Crippen LogP contribution in [0.25, 0.3) is 6.08 Å². The van der Waals surface area contributed by atoms with Crippen LogP contribution >= 0.6 is 0 Å². The summed E-state index contributed by atoms with van der Waals surface area (Å²) in [6.45, 7) is 4.28. The average Bonchev–Trinajstić information content (AvgIpc) is 3.01. The first kappa shape index (κ1) is 19.8. The molecule has 2 N–H and O–H groups in total. The van der Waals surface area contributed by atoms with E-state index in [1.807, 2.05) is 67.4 Å². The van der Waals surface area contributed by atoms with Gasteiger partial charge in [-0.3, -0.25) is 19.2 Å². The highest BCUT2D eigenvalue weighted by molar-refractivity contribution is 5.88. The van der Waals surface area contributed by atoms with Crippen LogP contribution in [0.2, 0.25) is 0 Å². The van der Waals surface area contributed by atoms with Crippen molar-refractivity contribution in [3.63, 3.8) is 0 Å². The van der Waals surface area contributed by atoms with Crippen molar-refractivity contribution in [1.82, 2.24) is 25.3 Å². The fourth-order valence-corrected chi connectivity index (χ4v) is 3.25. The second-order valence-corrected chi connectivity index (χ2v) is 7.00. The Bertz CT molecular complexity index is 824. The van der Waals surface area contributed by atoms with Gasteiger partial charge in [0.1, 0.15) is 0 Å². The minimum Gasteiger partial charge on any atom is -0.353 e. The van der Waals surface area contributed by atoms with E-state index in [1.165, 1.54) is 0 Å². The van der Waals surface area contributed by atoms with Gasteiger partial charge in [0, 0.05) is 32.4 Å². The van der Waals surface area contributed by atoms with Crippen molar-refractivity contribution in [3.05, 3.63) is 59.4 Å². The Balaban J connectivity index is 1.54. The van der Waals surface area contributed by atoms with Crippen LogP contribution in [-0.4, -0.2) is 52.2 Å². The van der Waals surface area contributed by atoms with Crippen molar-refractivity contribution in [2.45, 2.75) is 25.9 Å². The number of aryl methyl sites for hydroxylation is 2. The zero-order valence-electron chi connectivity index (χ0n) is 16.4. The Morgan fingerprint density at radius 3 is 2.86 bits per heavy atom. The summed E-state index contributed by atoms with van der Waals surface area (Å²) in [7, 11) is 1.87. The van der Waals surface area contributed by atoms with Gasteiger partial charge in [-0.25, -0.2) is 0 Å². The third kappa shape index (κ3) is 5.29. The summed E-state index contributed by atoms with van der Waals surface area (Å²) in [6, 6.07) is 11.5. The molecule has 1 saturated heterocycles. The Morgan fingerprint density at radius 2 is 2.14 bits per heavy atom. The molecule has 2 amide bonds. The summed E-state index contributed by atoms with van der Waals surface area (Å²) in [6.07, 6.45) is 4.21. The van der Waals surface area contributed by atoms with Gasteiger partial charge in [-0.1, -0.05) is 42.5 Å². The molecule has 1 aliphatic heterocycles. The van der Waals surface area contributed by atoms with Crippen molar-refractivity contribution < 1.29 is 9.59 Å². The highest BCUT2D eigenvalue weighted by atomic mass is 16.2. The Morgan fingerprint density at radius 1 is 1.36 bits per heavy atom. The molecule has 7 nitrogen and oxygen atoms in total. The van der Waals surface area contributed by atoms with E-state index >= 15 is 0 Å². The van der Waals surface area contributed by atoms with Gasteiger partial charge in [0.2, 0.25) is 11.8 Å². The number of aromatic nitrogens is 2. The molecule has 1 fully saturated rings. The van der Waals surface area contributed by atoms with E-state index in [9.17, 15) is 9.59 Å². The van der Waals surface area contributed by atoms with Gasteiger partial charge in [0.05, 0.1) is 24.7 Å². The number of piperazine rings is 1. The predicted octanol–water partition coefficient (Wildman–Crippen LogP) is 1.25. The van der Waals surface area contributed by atoms with Crippen molar-refractivity contribution in [1.29, 1.82) is 0 Å². The zero-order valence-corrected chi connectivity index (χ0v) is 16.4. The van der Waals surface area contributed by atoms with Crippen LogP contribution in [0.15, 0.2) is 42.5 Å². The molecule has 1 unspecified atom stereocenters. The third-order valence-electron chi connectivity index (χ3n) is 4.90. The number of benzene rings is 1. The molecule has 28 heavy (non-hydrogen) atoms. The van der Waals surface area contributed by atoms with Crippen LogP contribution in [0.1, 0.15) is 23.4 Å². The molecule has 1 atom stereocenters. The van der Waals surface area contributed by atoms with E-state index in [2.05, 4.69) is 15.7 Å². The number of nitrogens with one attached hydrogen (secondary N) is 2. The van der Waals surface area contributed by atoms with Crippen LogP contribution in [0.4, 0.5) is 0 Å². The lowest BCUT2D eigenvalue weighted by molar-refractivity contribution is -0.133. The largest absolute Gasteiger partial charge is 0.353 e. The number of hydrogen-bond donors (Lipinski definition) is 2. The fourth-order valence-electron chi connectivity index (χ4n) is 3.25. The van der Waals surface area contributed by atoms with E-state index in [4.69, 9.17) is 0 Å². The second kappa shape index (κ2) is 9.32. The lowest BCUT2D eigenvalue weighted by Crippen LogP contribution is -2.56. The maximum absolute atomic E-state index is 12.4. The monoisotopic (exact) mass is 381 g/mol. The van der Waals surface area contributed by atoms with E-state index < -0.39 is 6.04 Å². The Labute approximate surface area is 165 Å². The molecule has 148 valence electrons. The number of rotatable bonds is 7.